The monoisotopic (exact) mass is 268 g/mol. The van der Waals surface area contributed by atoms with Crippen LogP contribution in [0.15, 0.2) is 47.1 Å². The van der Waals surface area contributed by atoms with Gasteiger partial charge in [-0.25, -0.2) is 0 Å². The fraction of sp³-hybridized carbons (Fsp3) is 0.412. The SMILES string of the molecule is c1coc(CN(CC2CNc3ccccc32)C2CC2)c1. The van der Waals surface area contributed by atoms with Crippen LogP contribution in [0.1, 0.15) is 30.1 Å². The second-order valence-electron chi connectivity index (χ2n) is 5.91. The number of hydrogen-bond donors (Lipinski definition) is 1. The van der Waals surface area contributed by atoms with Crippen molar-refractivity contribution in [2.75, 3.05) is 18.4 Å². The fourth-order valence-electron chi connectivity index (χ4n) is 3.19. The van der Waals surface area contributed by atoms with Gasteiger partial charge in [-0.15, -0.1) is 0 Å². The van der Waals surface area contributed by atoms with Crippen molar-refractivity contribution in [3.8, 4) is 0 Å². The minimum absolute atomic E-state index is 0.599. The van der Waals surface area contributed by atoms with Crippen molar-refractivity contribution in [1.29, 1.82) is 0 Å². The van der Waals surface area contributed by atoms with Gasteiger partial charge in [0.1, 0.15) is 5.76 Å². The molecular formula is C17H20N2O. The first kappa shape index (κ1) is 12.0. The van der Waals surface area contributed by atoms with E-state index in [0.717, 1.165) is 31.4 Å². The lowest BCUT2D eigenvalue weighted by Crippen LogP contribution is -2.31. The lowest BCUT2D eigenvalue weighted by atomic mass is 10.0. The highest BCUT2D eigenvalue weighted by Crippen LogP contribution is 2.35. The maximum atomic E-state index is 5.52. The van der Waals surface area contributed by atoms with Crippen molar-refractivity contribution >= 4 is 5.69 Å². The van der Waals surface area contributed by atoms with Crippen LogP contribution in [0.4, 0.5) is 5.69 Å². The first-order valence-corrected chi connectivity index (χ1v) is 7.49. The van der Waals surface area contributed by atoms with Crippen molar-refractivity contribution in [1.82, 2.24) is 4.90 Å². The van der Waals surface area contributed by atoms with Crippen LogP contribution in [0, 0.1) is 0 Å². The minimum atomic E-state index is 0.599. The number of hydrogen-bond acceptors (Lipinski definition) is 3. The molecule has 2 aliphatic rings. The maximum absolute atomic E-state index is 5.52. The van der Waals surface area contributed by atoms with E-state index >= 15 is 0 Å². The van der Waals surface area contributed by atoms with Gasteiger partial charge >= 0.3 is 0 Å². The average Bonchev–Trinajstić information content (AvgIpc) is 3.05. The number of nitrogens with one attached hydrogen (secondary N) is 1. The molecule has 1 aromatic heterocycles. The van der Waals surface area contributed by atoms with Crippen LogP contribution >= 0.6 is 0 Å². The Morgan fingerprint density at radius 1 is 1.15 bits per heavy atom. The van der Waals surface area contributed by atoms with Crippen LogP contribution in [-0.2, 0) is 6.54 Å². The quantitative estimate of drug-likeness (QED) is 0.900. The van der Waals surface area contributed by atoms with Gasteiger partial charge in [-0.05, 0) is 36.6 Å². The smallest absolute Gasteiger partial charge is 0.117 e. The van der Waals surface area contributed by atoms with Crippen LogP contribution in [0.5, 0.6) is 0 Å². The van der Waals surface area contributed by atoms with E-state index in [4.69, 9.17) is 4.42 Å². The molecule has 3 heteroatoms. The van der Waals surface area contributed by atoms with Crippen LogP contribution in [0.2, 0.25) is 0 Å². The number of benzene rings is 1. The normalized spacial score (nSPS) is 20.9. The highest BCUT2D eigenvalue weighted by molar-refractivity contribution is 5.57. The number of fused-ring (bicyclic) bond motifs is 1. The van der Waals surface area contributed by atoms with E-state index in [-0.39, 0.29) is 0 Å². The number of anilines is 1. The van der Waals surface area contributed by atoms with Crippen molar-refractivity contribution in [2.24, 2.45) is 0 Å². The minimum Gasteiger partial charge on any atom is -0.468 e. The van der Waals surface area contributed by atoms with E-state index in [1.807, 2.05) is 6.07 Å². The number of furan rings is 1. The summed E-state index contributed by atoms with van der Waals surface area (Å²) in [6.45, 7) is 3.12. The summed E-state index contributed by atoms with van der Waals surface area (Å²) >= 11 is 0. The molecule has 0 saturated heterocycles. The molecule has 0 amide bonds. The average molecular weight is 268 g/mol. The highest BCUT2D eigenvalue weighted by atomic mass is 16.3. The van der Waals surface area contributed by atoms with E-state index in [2.05, 4.69) is 40.5 Å². The number of nitrogens with zero attached hydrogens (tertiary/aromatic N) is 1. The van der Waals surface area contributed by atoms with Gasteiger partial charge in [0, 0.05) is 30.7 Å². The highest BCUT2D eigenvalue weighted by Gasteiger charge is 2.33. The Bertz CT molecular complexity index is 574. The molecule has 2 aromatic rings. The van der Waals surface area contributed by atoms with Crippen LogP contribution in [-0.4, -0.2) is 24.0 Å². The molecule has 1 saturated carbocycles. The molecule has 1 fully saturated rings. The van der Waals surface area contributed by atoms with Crippen LogP contribution < -0.4 is 5.32 Å². The summed E-state index contributed by atoms with van der Waals surface area (Å²) in [5, 5.41) is 3.52. The zero-order chi connectivity index (χ0) is 13.4. The van der Waals surface area contributed by atoms with Gasteiger partial charge in [-0.3, -0.25) is 4.90 Å². The summed E-state index contributed by atoms with van der Waals surface area (Å²) in [5.74, 6) is 1.68. The zero-order valence-corrected chi connectivity index (χ0v) is 11.6. The molecule has 104 valence electrons. The Balaban J connectivity index is 1.49. The molecule has 0 radical (unpaired) electrons. The second kappa shape index (κ2) is 4.98. The summed E-state index contributed by atoms with van der Waals surface area (Å²) in [5.41, 5.74) is 2.78. The largest absolute Gasteiger partial charge is 0.468 e. The van der Waals surface area contributed by atoms with Gasteiger partial charge in [0.25, 0.3) is 0 Å². The van der Waals surface area contributed by atoms with Crippen LogP contribution in [0.3, 0.4) is 0 Å². The fourth-order valence-corrected chi connectivity index (χ4v) is 3.19. The molecule has 2 heterocycles. The predicted molar refractivity (Wildman–Crippen MR) is 79.8 cm³/mol. The van der Waals surface area contributed by atoms with Crippen molar-refractivity contribution in [3.63, 3.8) is 0 Å². The van der Waals surface area contributed by atoms with Gasteiger partial charge < -0.3 is 9.73 Å². The summed E-state index contributed by atoms with van der Waals surface area (Å²) in [4.78, 5) is 2.59. The lowest BCUT2D eigenvalue weighted by molar-refractivity contribution is 0.223. The molecule has 1 N–H and O–H groups in total. The lowest BCUT2D eigenvalue weighted by Gasteiger charge is -2.24. The predicted octanol–water partition coefficient (Wildman–Crippen LogP) is 3.45. The van der Waals surface area contributed by atoms with Crippen LogP contribution in [0.25, 0.3) is 0 Å². The van der Waals surface area contributed by atoms with Gasteiger partial charge in [-0.2, -0.15) is 0 Å². The zero-order valence-electron chi connectivity index (χ0n) is 11.6. The van der Waals surface area contributed by atoms with Crippen molar-refractivity contribution < 1.29 is 4.42 Å². The van der Waals surface area contributed by atoms with Gasteiger partial charge in [0.15, 0.2) is 0 Å². The molecule has 0 spiro atoms. The van der Waals surface area contributed by atoms with Crippen molar-refractivity contribution in [3.05, 3.63) is 54.0 Å². The molecule has 1 aliphatic heterocycles. The third-order valence-electron chi connectivity index (χ3n) is 4.40. The Morgan fingerprint density at radius 2 is 2.05 bits per heavy atom. The summed E-state index contributed by atoms with van der Waals surface area (Å²) in [6.07, 6.45) is 4.44. The third-order valence-corrected chi connectivity index (χ3v) is 4.40. The maximum Gasteiger partial charge on any atom is 0.117 e. The first-order valence-electron chi connectivity index (χ1n) is 7.49. The molecule has 1 aromatic carbocycles. The standard InChI is InChI=1S/C17H20N2O/c1-2-6-17-16(5-1)13(10-18-17)11-19(14-7-8-14)12-15-4-3-9-20-15/h1-6,9,13-14,18H,7-8,10-12H2. The van der Waals surface area contributed by atoms with E-state index in [1.165, 1.54) is 24.1 Å². The molecule has 3 nitrogen and oxygen atoms in total. The Hall–Kier alpha value is -1.74. The number of rotatable bonds is 5. The van der Waals surface area contributed by atoms with Gasteiger partial charge in [0.2, 0.25) is 0 Å². The van der Waals surface area contributed by atoms with E-state index in [0.29, 0.717) is 5.92 Å². The van der Waals surface area contributed by atoms with Gasteiger partial charge in [-0.1, -0.05) is 18.2 Å². The molecular weight excluding hydrogens is 248 g/mol. The van der Waals surface area contributed by atoms with Crippen molar-refractivity contribution in [2.45, 2.75) is 31.3 Å². The molecule has 0 bridgehead atoms. The summed E-state index contributed by atoms with van der Waals surface area (Å²) in [6, 6.07) is 13.5. The Labute approximate surface area is 119 Å². The summed E-state index contributed by atoms with van der Waals surface area (Å²) < 4.78 is 5.52. The molecule has 1 atom stereocenters. The second-order valence-corrected chi connectivity index (χ2v) is 5.91. The third kappa shape index (κ3) is 2.34. The topological polar surface area (TPSA) is 28.4 Å². The van der Waals surface area contributed by atoms with E-state index < -0.39 is 0 Å². The molecule has 1 aliphatic carbocycles. The molecule has 4 rings (SSSR count). The molecule has 1 unspecified atom stereocenters. The first-order chi connectivity index (χ1) is 9.90. The Morgan fingerprint density at radius 3 is 2.85 bits per heavy atom. The van der Waals surface area contributed by atoms with Gasteiger partial charge in [0.05, 0.1) is 12.8 Å². The van der Waals surface area contributed by atoms with E-state index in [1.54, 1.807) is 6.26 Å². The van der Waals surface area contributed by atoms with E-state index in [9.17, 15) is 0 Å². The molecule has 20 heavy (non-hydrogen) atoms. The number of para-hydroxylation sites is 1. The Kier molecular flexibility index (Phi) is 3.00. The summed E-state index contributed by atoms with van der Waals surface area (Å²) in [7, 11) is 0.